The highest BCUT2D eigenvalue weighted by molar-refractivity contribution is 7.91. The van der Waals surface area contributed by atoms with Gasteiger partial charge in [0.15, 0.2) is 11.4 Å². The van der Waals surface area contributed by atoms with Crippen LogP contribution in [-0.4, -0.2) is 74.2 Å². The van der Waals surface area contributed by atoms with Crippen molar-refractivity contribution < 1.29 is 13.0 Å². The lowest BCUT2D eigenvalue weighted by atomic mass is 10.2. The van der Waals surface area contributed by atoms with Gasteiger partial charge in [-0.1, -0.05) is 0 Å². The molecular weight excluding hydrogens is 473 g/mol. The van der Waals surface area contributed by atoms with E-state index in [-0.39, 0.29) is 10.8 Å². The first kappa shape index (κ1) is 23.1. The zero-order valence-corrected chi connectivity index (χ0v) is 20.0. The SMILES string of the molecule is CS(=N)(=O)c1ccc(N2CCN(CCNc3nc(N)n4nc(-c5ccco5)cc4n3)CC2)c(F)c1. The van der Waals surface area contributed by atoms with Gasteiger partial charge in [-0.05, 0) is 30.3 Å². The van der Waals surface area contributed by atoms with Crippen molar-refractivity contribution in [3.63, 3.8) is 0 Å². The van der Waals surface area contributed by atoms with Gasteiger partial charge in [-0.25, -0.2) is 13.4 Å². The van der Waals surface area contributed by atoms with Crippen molar-refractivity contribution in [2.24, 2.45) is 0 Å². The molecule has 4 heterocycles. The van der Waals surface area contributed by atoms with Crippen LogP contribution < -0.4 is 16.0 Å². The molecule has 0 amide bonds. The molecule has 5 rings (SSSR count). The maximum atomic E-state index is 14.6. The van der Waals surface area contributed by atoms with Crippen molar-refractivity contribution in [2.75, 3.05) is 61.5 Å². The lowest BCUT2D eigenvalue weighted by Crippen LogP contribution is -2.48. The molecule has 0 spiro atoms. The van der Waals surface area contributed by atoms with Gasteiger partial charge in [-0.15, -0.1) is 0 Å². The number of nitrogens with two attached hydrogens (primary N) is 1. The molecule has 3 aromatic heterocycles. The summed E-state index contributed by atoms with van der Waals surface area (Å²) in [5.74, 6) is 0.824. The summed E-state index contributed by atoms with van der Waals surface area (Å²) in [6, 6.07) is 9.79. The number of nitrogen functional groups attached to an aromatic ring is 1. The summed E-state index contributed by atoms with van der Waals surface area (Å²) in [6.07, 6.45) is 2.87. The lowest BCUT2D eigenvalue weighted by molar-refractivity contribution is 0.266. The van der Waals surface area contributed by atoms with Gasteiger partial charge >= 0.3 is 0 Å². The quantitative estimate of drug-likeness (QED) is 0.349. The second kappa shape index (κ2) is 9.15. The molecule has 1 aliphatic heterocycles. The van der Waals surface area contributed by atoms with Gasteiger partial charge in [0.25, 0.3) is 0 Å². The predicted molar refractivity (Wildman–Crippen MR) is 131 cm³/mol. The third-order valence-corrected chi connectivity index (χ3v) is 7.07. The molecule has 4 aromatic rings. The van der Waals surface area contributed by atoms with Gasteiger partial charge in [0.1, 0.15) is 11.5 Å². The summed E-state index contributed by atoms with van der Waals surface area (Å²) >= 11 is 0. The summed E-state index contributed by atoms with van der Waals surface area (Å²) in [5, 5.41) is 7.60. The van der Waals surface area contributed by atoms with E-state index in [0.29, 0.717) is 48.4 Å². The third-order valence-electron chi connectivity index (χ3n) is 5.92. The van der Waals surface area contributed by atoms with Gasteiger partial charge in [0.2, 0.25) is 11.9 Å². The highest BCUT2D eigenvalue weighted by atomic mass is 32.2. The van der Waals surface area contributed by atoms with Crippen LogP contribution in [0.4, 0.5) is 22.0 Å². The minimum atomic E-state index is -2.94. The Balaban J connectivity index is 1.16. The Morgan fingerprint density at radius 3 is 2.69 bits per heavy atom. The van der Waals surface area contributed by atoms with E-state index in [0.717, 1.165) is 19.6 Å². The van der Waals surface area contributed by atoms with Gasteiger partial charge in [0.05, 0.1) is 21.7 Å². The molecule has 1 fully saturated rings. The summed E-state index contributed by atoms with van der Waals surface area (Å²) in [6.45, 7) is 4.24. The van der Waals surface area contributed by atoms with E-state index in [1.54, 1.807) is 30.5 Å². The third kappa shape index (κ3) is 4.91. The van der Waals surface area contributed by atoms with Crippen molar-refractivity contribution in [1.82, 2.24) is 24.5 Å². The van der Waals surface area contributed by atoms with Gasteiger partial charge < -0.3 is 20.4 Å². The van der Waals surface area contributed by atoms with Crippen LogP contribution in [0.2, 0.25) is 0 Å². The highest BCUT2D eigenvalue weighted by Gasteiger charge is 2.20. The number of hydrogen-bond donors (Lipinski definition) is 3. The van der Waals surface area contributed by atoms with E-state index in [1.165, 1.54) is 16.8 Å². The van der Waals surface area contributed by atoms with E-state index in [4.69, 9.17) is 14.9 Å². The average Bonchev–Trinajstić information content (AvgIpc) is 3.49. The van der Waals surface area contributed by atoms with Gasteiger partial charge in [0, 0.05) is 56.5 Å². The van der Waals surface area contributed by atoms with Gasteiger partial charge in [-0.3, -0.25) is 4.90 Å². The Hall–Kier alpha value is -3.71. The molecule has 1 aromatic carbocycles. The number of furan rings is 1. The zero-order valence-electron chi connectivity index (χ0n) is 19.1. The summed E-state index contributed by atoms with van der Waals surface area (Å²) < 4.78 is 40.9. The molecule has 0 aliphatic carbocycles. The van der Waals surface area contributed by atoms with Crippen LogP contribution in [0.1, 0.15) is 0 Å². The molecule has 0 radical (unpaired) electrons. The van der Waals surface area contributed by atoms with Crippen LogP contribution >= 0.6 is 0 Å². The number of hydrogen-bond acceptors (Lipinski definition) is 10. The molecule has 1 unspecified atom stereocenters. The zero-order chi connectivity index (χ0) is 24.6. The van der Waals surface area contributed by atoms with Crippen LogP contribution in [0.5, 0.6) is 0 Å². The Labute approximate surface area is 201 Å². The normalized spacial score (nSPS) is 16.5. The standard InChI is InChI=1S/C22H26FN9O2S/c1-35(25,33)15-4-5-18(16(23)13-15)31-10-8-30(9-11-31)7-6-26-22-27-20-14-17(19-3-2-12-34-19)29-32(20)21(24)28-22/h2-5,12-14,25H,6-11H2,1H3,(H3,24,26,27,28). The molecule has 4 N–H and O–H groups in total. The molecular formula is C22H26FN9O2S. The Morgan fingerprint density at radius 2 is 2.00 bits per heavy atom. The number of aromatic nitrogens is 4. The minimum absolute atomic E-state index is 0.206. The van der Waals surface area contributed by atoms with E-state index in [2.05, 4.69) is 25.3 Å². The van der Waals surface area contributed by atoms with Crippen molar-refractivity contribution in [3.8, 4) is 11.5 Å². The molecule has 35 heavy (non-hydrogen) atoms. The first-order chi connectivity index (χ1) is 16.8. The lowest BCUT2D eigenvalue weighted by Gasteiger charge is -2.36. The Bertz CT molecular complexity index is 1450. The molecule has 11 nitrogen and oxygen atoms in total. The minimum Gasteiger partial charge on any atom is -0.463 e. The van der Waals surface area contributed by atoms with Crippen molar-refractivity contribution in [3.05, 3.63) is 48.5 Å². The van der Waals surface area contributed by atoms with Crippen LogP contribution in [0.25, 0.3) is 17.1 Å². The number of anilines is 3. The second-order valence-corrected chi connectivity index (χ2v) is 10.6. The van der Waals surface area contributed by atoms with Crippen LogP contribution in [-0.2, 0) is 9.73 Å². The number of halogens is 1. The fourth-order valence-corrected chi connectivity index (χ4v) is 4.71. The van der Waals surface area contributed by atoms with Crippen LogP contribution in [0.15, 0.2) is 52.0 Å². The smallest absolute Gasteiger partial charge is 0.228 e. The number of nitrogens with zero attached hydrogens (tertiary/aromatic N) is 6. The maximum Gasteiger partial charge on any atom is 0.228 e. The number of piperazine rings is 1. The maximum absolute atomic E-state index is 14.6. The van der Waals surface area contributed by atoms with E-state index < -0.39 is 15.5 Å². The second-order valence-electron chi connectivity index (χ2n) is 8.39. The number of rotatable bonds is 7. The summed E-state index contributed by atoms with van der Waals surface area (Å²) in [7, 11) is -2.94. The fraction of sp³-hybridized carbons (Fsp3) is 0.318. The molecule has 0 saturated carbocycles. The van der Waals surface area contributed by atoms with Crippen molar-refractivity contribution in [1.29, 1.82) is 4.78 Å². The Kier molecular flexibility index (Phi) is 6.03. The van der Waals surface area contributed by atoms with E-state index in [1.807, 2.05) is 11.0 Å². The summed E-state index contributed by atoms with van der Waals surface area (Å²) in [4.78, 5) is 13.2. The molecule has 0 bridgehead atoms. The molecule has 1 saturated heterocycles. The van der Waals surface area contributed by atoms with E-state index in [9.17, 15) is 8.60 Å². The summed E-state index contributed by atoms with van der Waals surface area (Å²) in [5.41, 5.74) is 7.73. The highest BCUT2D eigenvalue weighted by Crippen LogP contribution is 2.24. The number of fused-ring (bicyclic) bond motifs is 1. The molecule has 1 aliphatic rings. The van der Waals surface area contributed by atoms with Crippen molar-refractivity contribution >= 4 is 33.0 Å². The topological polar surface area (TPSA) is 142 Å². The van der Waals surface area contributed by atoms with Crippen LogP contribution in [0.3, 0.4) is 0 Å². The van der Waals surface area contributed by atoms with Crippen molar-refractivity contribution in [2.45, 2.75) is 4.90 Å². The molecule has 13 heteroatoms. The average molecular weight is 500 g/mol. The first-order valence-corrected chi connectivity index (χ1v) is 13.1. The number of nitrogens with one attached hydrogen (secondary N) is 2. The fourth-order valence-electron chi connectivity index (χ4n) is 4.06. The van der Waals surface area contributed by atoms with E-state index >= 15 is 0 Å². The van der Waals surface area contributed by atoms with Gasteiger partial charge in [-0.2, -0.15) is 19.6 Å². The predicted octanol–water partition coefficient (Wildman–Crippen LogP) is 2.38. The molecule has 184 valence electrons. The largest absolute Gasteiger partial charge is 0.463 e. The Morgan fingerprint density at radius 1 is 1.20 bits per heavy atom. The first-order valence-electron chi connectivity index (χ1n) is 11.1. The van der Waals surface area contributed by atoms with Crippen LogP contribution in [0, 0.1) is 10.6 Å². The number of benzene rings is 1. The molecule has 1 atom stereocenters. The monoisotopic (exact) mass is 499 g/mol.